The summed E-state index contributed by atoms with van der Waals surface area (Å²) in [6.45, 7) is 2.59. The molecule has 0 spiro atoms. The minimum Gasteiger partial charge on any atom is -0.353 e. The molecule has 0 fully saturated rings. The maximum Gasteiger partial charge on any atom is 0.239 e. The third-order valence-corrected chi connectivity index (χ3v) is 5.57. The van der Waals surface area contributed by atoms with Crippen LogP contribution in [0.2, 0.25) is 0 Å². The molecule has 5 nitrogen and oxygen atoms in total. The van der Waals surface area contributed by atoms with Crippen molar-refractivity contribution in [3.05, 3.63) is 83.4 Å². The van der Waals surface area contributed by atoms with Crippen molar-refractivity contribution in [3.8, 4) is 0 Å². The number of nitrogens with zero attached hydrogens (tertiary/aromatic N) is 1. The summed E-state index contributed by atoms with van der Waals surface area (Å²) in [6, 6.07) is 22.5. The molecule has 2 N–H and O–H groups in total. The molecular weight excluding hydrogens is 386 g/mol. The van der Waals surface area contributed by atoms with E-state index in [1.807, 2.05) is 56.6 Å². The molecule has 31 heavy (non-hydrogen) atoms. The fourth-order valence-electron chi connectivity index (χ4n) is 3.71. The second-order valence-electron chi connectivity index (χ2n) is 7.97. The number of rotatable bonds is 9. The Morgan fingerprint density at radius 2 is 1.58 bits per heavy atom. The monoisotopic (exact) mass is 417 g/mol. The number of hydrogen-bond donors (Lipinski definition) is 2. The zero-order chi connectivity index (χ0) is 22.2. The molecule has 0 radical (unpaired) electrons. The first-order valence-electron chi connectivity index (χ1n) is 10.7. The average molecular weight is 418 g/mol. The third kappa shape index (κ3) is 6.15. The molecule has 3 aromatic carbocycles. The number of fused-ring (bicyclic) bond motifs is 1. The Morgan fingerprint density at radius 3 is 2.29 bits per heavy atom. The molecule has 0 unspecified atom stereocenters. The molecule has 0 saturated heterocycles. The standard InChI is InChI=1S/C26H31N3O2/c1-4-19-12-14-21(15-13-19)24(29(2)3)17-27-26(31)18-28-25(30)16-22-10-7-9-20-8-5-6-11-23(20)22/h5-15,24H,4,16-18H2,1-3H3,(H,27,31)(H,28,30)/t24-/m1/s1. The van der Waals surface area contributed by atoms with Crippen LogP contribution >= 0.6 is 0 Å². The predicted molar refractivity (Wildman–Crippen MR) is 126 cm³/mol. The van der Waals surface area contributed by atoms with E-state index in [0.29, 0.717) is 6.54 Å². The van der Waals surface area contributed by atoms with Gasteiger partial charge in [-0.2, -0.15) is 0 Å². The SMILES string of the molecule is CCc1ccc([C@@H](CNC(=O)CNC(=O)Cc2cccc3ccccc23)N(C)C)cc1. The lowest BCUT2D eigenvalue weighted by atomic mass is 10.0. The van der Waals surface area contributed by atoms with Crippen molar-refractivity contribution in [2.45, 2.75) is 25.8 Å². The topological polar surface area (TPSA) is 61.4 Å². The summed E-state index contributed by atoms with van der Waals surface area (Å²) in [7, 11) is 3.99. The fourth-order valence-corrected chi connectivity index (χ4v) is 3.71. The summed E-state index contributed by atoms with van der Waals surface area (Å²) in [5.41, 5.74) is 3.40. The van der Waals surface area contributed by atoms with Gasteiger partial charge in [0.2, 0.25) is 11.8 Å². The third-order valence-electron chi connectivity index (χ3n) is 5.57. The molecule has 0 saturated carbocycles. The minimum atomic E-state index is -0.191. The second kappa shape index (κ2) is 10.7. The van der Waals surface area contributed by atoms with E-state index in [9.17, 15) is 9.59 Å². The summed E-state index contributed by atoms with van der Waals surface area (Å²) in [5, 5.41) is 7.85. The van der Waals surface area contributed by atoms with Gasteiger partial charge >= 0.3 is 0 Å². The molecule has 162 valence electrons. The lowest BCUT2D eigenvalue weighted by Gasteiger charge is -2.25. The summed E-state index contributed by atoms with van der Waals surface area (Å²) >= 11 is 0. The minimum absolute atomic E-state index is 0.0292. The van der Waals surface area contributed by atoms with Gasteiger partial charge in [0.25, 0.3) is 0 Å². The van der Waals surface area contributed by atoms with E-state index in [-0.39, 0.29) is 30.8 Å². The molecule has 0 aliphatic carbocycles. The van der Waals surface area contributed by atoms with Gasteiger partial charge in [-0.15, -0.1) is 0 Å². The van der Waals surface area contributed by atoms with Crippen LogP contribution in [0.5, 0.6) is 0 Å². The van der Waals surface area contributed by atoms with Crippen molar-refractivity contribution in [2.24, 2.45) is 0 Å². The normalized spacial score (nSPS) is 12.0. The number of nitrogens with one attached hydrogen (secondary N) is 2. The van der Waals surface area contributed by atoms with Crippen molar-refractivity contribution in [1.82, 2.24) is 15.5 Å². The van der Waals surface area contributed by atoms with Crippen LogP contribution in [-0.4, -0.2) is 43.9 Å². The van der Waals surface area contributed by atoms with Crippen molar-refractivity contribution in [1.29, 1.82) is 0 Å². The van der Waals surface area contributed by atoms with Crippen molar-refractivity contribution >= 4 is 22.6 Å². The van der Waals surface area contributed by atoms with Crippen LogP contribution in [0.15, 0.2) is 66.7 Å². The van der Waals surface area contributed by atoms with Gasteiger partial charge in [0, 0.05) is 6.54 Å². The Bertz CT molecular complexity index is 1020. The summed E-state index contributed by atoms with van der Waals surface area (Å²) in [6.07, 6.45) is 1.25. The number of hydrogen-bond acceptors (Lipinski definition) is 3. The second-order valence-corrected chi connectivity index (χ2v) is 7.97. The molecule has 0 aliphatic heterocycles. The number of aryl methyl sites for hydroxylation is 1. The molecule has 0 heterocycles. The molecule has 0 aromatic heterocycles. The number of carbonyl (C=O) groups excluding carboxylic acids is 2. The maximum atomic E-state index is 12.4. The Morgan fingerprint density at radius 1 is 0.871 bits per heavy atom. The smallest absolute Gasteiger partial charge is 0.239 e. The van der Waals surface area contributed by atoms with Crippen LogP contribution in [0.25, 0.3) is 10.8 Å². The largest absolute Gasteiger partial charge is 0.353 e. The van der Waals surface area contributed by atoms with Crippen molar-refractivity contribution in [2.75, 3.05) is 27.2 Å². The highest BCUT2D eigenvalue weighted by Crippen LogP contribution is 2.19. The first-order chi connectivity index (χ1) is 15.0. The van der Waals surface area contributed by atoms with Gasteiger partial charge in [0.05, 0.1) is 19.0 Å². The number of likely N-dealkylation sites (N-methyl/N-ethyl adjacent to an activating group) is 1. The van der Waals surface area contributed by atoms with Gasteiger partial charge in [-0.05, 0) is 48.0 Å². The molecule has 0 aliphatic rings. The van der Waals surface area contributed by atoms with Crippen LogP contribution < -0.4 is 10.6 Å². The van der Waals surface area contributed by atoms with Crippen molar-refractivity contribution in [3.63, 3.8) is 0 Å². The molecule has 5 heteroatoms. The number of benzene rings is 3. The van der Waals surface area contributed by atoms with Gasteiger partial charge < -0.3 is 15.5 Å². The zero-order valence-corrected chi connectivity index (χ0v) is 18.5. The van der Waals surface area contributed by atoms with Gasteiger partial charge in [0.15, 0.2) is 0 Å². The lowest BCUT2D eigenvalue weighted by Crippen LogP contribution is -2.41. The van der Waals surface area contributed by atoms with Crippen LogP contribution in [0.1, 0.15) is 29.7 Å². The Hall–Kier alpha value is -3.18. The maximum absolute atomic E-state index is 12.4. The van der Waals surface area contributed by atoms with E-state index < -0.39 is 0 Å². The quantitative estimate of drug-likeness (QED) is 0.560. The van der Waals surface area contributed by atoms with E-state index in [0.717, 1.165) is 28.3 Å². The van der Waals surface area contributed by atoms with E-state index in [4.69, 9.17) is 0 Å². The average Bonchev–Trinajstić information content (AvgIpc) is 2.78. The van der Waals surface area contributed by atoms with Gasteiger partial charge in [-0.3, -0.25) is 9.59 Å². The first-order valence-corrected chi connectivity index (χ1v) is 10.7. The fraction of sp³-hybridized carbons (Fsp3) is 0.308. The van der Waals surface area contributed by atoms with Gasteiger partial charge in [0.1, 0.15) is 0 Å². The molecule has 2 amide bonds. The van der Waals surface area contributed by atoms with E-state index >= 15 is 0 Å². The Balaban J connectivity index is 1.51. The van der Waals surface area contributed by atoms with Crippen molar-refractivity contribution < 1.29 is 9.59 Å². The van der Waals surface area contributed by atoms with E-state index in [1.54, 1.807) is 0 Å². The van der Waals surface area contributed by atoms with Crippen LogP contribution in [-0.2, 0) is 22.4 Å². The first kappa shape index (κ1) is 22.5. The zero-order valence-electron chi connectivity index (χ0n) is 18.5. The van der Waals surface area contributed by atoms with Crippen LogP contribution in [0, 0.1) is 0 Å². The summed E-state index contributed by atoms with van der Waals surface area (Å²) in [5.74, 6) is -0.353. The molecular formula is C26H31N3O2. The Kier molecular flexibility index (Phi) is 7.79. The molecule has 1 atom stereocenters. The van der Waals surface area contributed by atoms with E-state index in [2.05, 4.69) is 46.7 Å². The molecule has 3 rings (SSSR count). The number of amides is 2. The summed E-state index contributed by atoms with van der Waals surface area (Å²) in [4.78, 5) is 26.8. The molecule has 3 aromatic rings. The number of carbonyl (C=O) groups is 2. The highest BCUT2D eigenvalue weighted by molar-refractivity contribution is 5.91. The van der Waals surface area contributed by atoms with E-state index in [1.165, 1.54) is 5.56 Å². The highest BCUT2D eigenvalue weighted by Gasteiger charge is 2.16. The van der Waals surface area contributed by atoms with Gasteiger partial charge in [-0.25, -0.2) is 0 Å². The lowest BCUT2D eigenvalue weighted by molar-refractivity contribution is -0.125. The van der Waals surface area contributed by atoms with Crippen LogP contribution in [0.3, 0.4) is 0 Å². The Labute approximate surface area is 184 Å². The van der Waals surface area contributed by atoms with Crippen LogP contribution in [0.4, 0.5) is 0 Å². The molecule has 0 bridgehead atoms. The van der Waals surface area contributed by atoms with Gasteiger partial charge in [-0.1, -0.05) is 73.7 Å². The summed E-state index contributed by atoms with van der Waals surface area (Å²) < 4.78 is 0. The predicted octanol–water partition coefficient (Wildman–Crippen LogP) is 3.48. The highest BCUT2D eigenvalue weighted by atomic mass is 16.2.